The first-order valence-corrected chi connectivity index (χ1v) is 6.67. The highest BCUT2D eigenvalue weighted by molar-refractivity contribution is 7.99. The molecule has 0 bridgehead atoms. The van der Waals surface area contributed by atoms with Gasteiger partial charge in [0.05, 0.1) is 12.0 Å². The average molecular weight is 304 g/mol. The van der Waals surface area contributed by atoms with Gasteiger partial charge in [-0.15, -0.1) is 5.10 Å². The van der Waals surface area contributed by atoms with E-state index < -0.39 is 0 Å². The Morgan fingerprint density at radius 2 is 2.05 bits per heavy atom. The summed E-state index contributed by atoms with van der Waals surface area (Å²) in [5, 5.41) is 32.2. The van der Waals surface area contributed by atoms with E-state index in [9.17, 15) is 5.21 Å². The number of hydrogen-bond donors (Lipinski definition) is 1. The van der Waals surface area contributed by atoms with Gasteiger partial charge in [-0.05, 0) is 34.3 Å². The topological polar surface area (TPSA) is 108 Å². The highest BCUT2D eigenvalue weighted by Gasteiger charge is 2.16. The van der Waals surface area contributed by atoms with Crippen LogP contribution in [0.3, 0.4) is 0 Å². The van der Waals surface area contributed by atoms with Crippen molar-refractivity contribution in [2.75, 3.05) is 5.23 Å². The summed E-state index contributed by atoms with van der Waals surface area (Å²) in [7, 11) is 1.71. The number of imidazole rings is 1. The molecule has 1 N–H and O–H groups in total. The van der Waals surface area contributed by atoms with E-state index >= 15 is 0 Å². The maximum absolute atomic E-state index is 11.1. The van der Waals surface area contributed by atoms with Crippen molar-refractivity contribution in [3.63, 3.8) is 0 Å². The minimum atomic E-state index is -0.279. The molecule has 2 aromatic heterocycles. The van der Waals surface area contributed by atoms with E-state index in [-0.39, 0.29) is 11.0 Å². The largest absolute Gasteiger partial charge is 0.732 e. The van der Waals surface area contributed by atoms with E-state index in [4.69, 9.17) is 5.21 Å². The fourth-order valence-electron chi connectivity index (χ4n) is 1.72. The molecule has 10 heteroatoms. The second-order valence-corrected chi connectivity index (χ2v) is 5.02. The van der Waals surface area contributed by atoms with Crippen LogP contribution in [0.15, 0.2) is 46.8 Å². The summed E-state index contributed by atoms with van der Waals surface area (Å²) in [5.41, 5.74) is 0.789. The molecule has 0 spiro atoms. The van der Waals surface area contributed by atoms with Gasteiger partial charge in [-0.25, -0.2) is 4.98 Å². The maximum Gasteiger partial charge on any atom is 0.220 e. The van der Waals surface area contributed by atoms with Gasteiger partial charge in [0.1, 0.15) is 5.03 Å². The number of tetrazole rings is 1. The minimum Gasteiger partial charge on any atom is -0.732 e. The highest BCUT2D eigenvalue weighted by Crippen LogP contribution is 2.32. The van der Waals surface area contributed by atoms with Gasteiger partial charge in [0.25, 0.3) is 0 Å². The van der Waals surface area contributed by atoms with Crippen LogP contribution in [-0.2, 0) is 7.05 Å². The van der Waals surface area contributed by atoms with Gasteiger partial charge in [0.2, 0.25) is 5.16 Å². The molecule has 0 fully saturated rings. The molecule has 3 rings (SSSR count). The summed E-state index contributed by atoms with van der Waals surface area (Å²) >= 11 is 1.13. The predicted octanol–water partition coefficient (Wildman–Crippen LogP) is 1.24. The average Bonchev–Trinajstić information content (AvgIpc) is 3.08. The number of benzene rings is 1. The van der Waals surface area contributed by atoms with Crippen LogP contribution < -0.4 is 5.23 Å². The molecular formula is C11H10N7O2S-. The van der Waals surface area contributed by atoms with Gasteiger partial charge >= 0.3 is 0 Å². The molecule has 2 heterocycles. The number of para-hydroxylation sites is 1. The molecule has 3 aromatic rings. The number of hydrogen-bond acceptors (Lipinski definition) is 8. The van der Waals surface area contributed by atoms with Crippen LogP contribution >= 0.6 is 11.8 Å². The highest BCUT2D eigenvalue weighted by atomic mass is 32.2. The van der Waals surface area contributed by atoms with Crippen molar-refractivity contribution in [3.8, 4) is 5.69 Å². The third kappa shape index (κ3) is 2.59. The Morgan fingerprint density at radius 3 is 2.76 bits per heavy atom. The minimum absolute atomic E-state index is 0.106. The van der Waals surface area contributed by atoms with Crippen LogP contribution in [0.5, 0.6) is 0 Å². The SMILES string of the molecule is Cn1cnc(N([O-])O)c1Sc1nnnn1-c1ccccc1. The first kappa shape index (κ1) is 13.5. The van der Waals surface area contributed by atoms with Crippen molar-refractivity contribution in [2.24, 2.45) is 7.05 Å². The van der Waals surface area contributed by atoms with E-state index in [2.05, 4.69) is 20.5 Å². The van der Waals surface area contributed by atoms with Crippen LogP contribution in [-0.4, -0.2) is 35.0 Å². The normalized spacial score (nSPS) is 10.8. The van der Waals surface area contributed by atoms with Gasteiger partial charge < -0.3 is 15.0 Å². The van der Waals surface area contributed by atoms with Gasteiger partial charge in [-0.1, -0.05) is 18.2 Å². The third-order valence-corrected chi connectivity index (χ3v) is 3.78. The quantitative estimate of drug-likeness (QED) is 0.717. The molecule has 0 saturated heterocycles. The zero-order valence-electron chi connectivity index (χ0n) is 10.9. The molecule has 0 amide bonds. The molecule has 108 valence electrons. The van der Waals surface area contributed by atoms with Crippen molar-refractivity contribution in [1.82, 2.24) is 29.8 Å². The molecule has 0 atom stereocenters. The molecule has 1 aromatic carbocycles. The number of aryl methyl sites for hydroxylation is 1. The molecular weight excluding hydrogens is 294 g/mol. The van der Waals surface area contributed by atoms with E-state index in [1.807, 2.05) is 30.3 Å². The number of anilines is 1. The zero-order chi connectivity index (χ0) is 14.8. The zero-order valence-corrected chi connectivity index (χ0v) is 11.7. The molecule has 0 aliphatic rings. The second-order valence-electron chi connectivity index (χ2n) is 4.07. The standard InChI is InChI=1S/C11H10N7O2S/c1-16-7-12-9(18(19)20)10(16)21-11-13-14-15-17(11)8-5-3-2-4-6-8/h2-7,19H,1H3/q-1. The van der Waals surface area contributed by atoms with Gasteiger partial charge in [-0.3, -0.25) is 5.21 Å². The first-order chi connectivity index (χ1) is 10.2. The van der Waals surface area contributed by atoms with Crippen molar-refractivity contribution in [2.45, 2.75) is 10.2 Å². The van der Waals surface area contributed by atoms with Gasteiger partial charge in [-0.2, -0.15) is 4.68 Å². The van der Waals surface area contributed by atoms with Crippen LogP contribution in [0, 0.1) is 5.21 Å². The lowest BCUT2D eigenvalue weighted by Crippen LogP contribution is -2.09. The summed E-state index contributed by atoms with van der Waals surface area (Å²) < 4.78 is 3.14. The first-order valence-electron chi connectivity index (χ1n) is 5.86. The summed E-state index contributed by atoms with van der Waals surface area (Å²) in [6, 6.07) is 9.34. The number of aromatic nitrogens is 6. The lowest BCUT2D eigenvalue weighted by atomic mass is 10.3. The molecule has 21 heavy (non-hydrogen) atoms. The second kappa shape index (κ2) is 5.52. The summed E-state index contributed by atoms with van der Waals surface area (Å²) in [6.07, 6.45) is 1.43. The maximum atomic E-state index is 11.1. The summed E-state index contributed by atoms with van der Waals surface area (Å²) in [6.45, 7) is 0. The smallest absolute Gasteiger partial charge is 0.220 e. The van der Waals surface area contributed by atoms with Gasteiger partial charge in [0, 0.05) is 7.05 Å². The van der Waals surface area contributed by atoms with Crippen molar-refractivity contribution >= 4 is 17.6 Å². The van der Waals surface area contributed by atoms with E-state index in [0.29, 0.717) is 10.2 Å². The van der Waals surface area contributed by atoms with Crippen molar-refractivity contribution in [3.05, 3.63) is 41.9 Å². The molecule has 0 unspecified atom stereocenters. The Bertz CT molecular complexity index is 740. The van der Waals surface area contributed by atoms with Crippen molar-refractivity contribution in [1.29, 1.82) is 0 Å². The molecule has 9 nitrogen and oxygen atoms in total. The van der Waals surface area contributed by atoms with E-state index in [1.54, 1.807) is 11.6 Å². The summed E-state index contributed by atoms with van der Waals surface area (Å²) in [4.78, 5) is 3.83. The Morgan fingerprint density at radius 1 is 1.29 bits per heavy atom. The molecule has 0 saturated carbocycles. The van der Waals surface area contributed by atoms with Crippen LogP contribution in [0.1, 0.15) is 0 Å². The predicted molar refractivity (Wildman–Crippen MR) is 74.1 cm³/mol. The Balaban J connectivity index is 1.98. The Kier molecular flexibility index (Phi) is 3.56. The fraction of sp³-hybridized carbons (Fsp3) is 0.0909. The molecule has 0 radical (unpaired) electrons. The molecule has 0 aliphatic carbocycles. The lowest BCUT2D eigenvalue weighted by Gasteiger charge is -2.19. The Hall–Kier alpha value is -2.43. The van der Waals surface area contributed by atoms with Crippen molar-refractivity contribution < 1.29 is 5.21 Å². The fourth-order valence-corrected chi connectivity index (χ4v) is 2.61. The monoisotopic (exact) mass is 304 g/mol. The molecule has 0 aliphatic heterocycles. The van der Waals surface area contributed by atoms with Crippen LogP contribution in [0.4, 0.5) is 5.82 Å². The lowest BCUT2D eigenvalue weighted by molar-refractivity contribution is 0.291. The van der Waals surface area contributed by atoms with Crippen LogP contribution in [0.2, 0.25) is 0 Å². The Labute approximate surface area is 123 Å². The summed E-state index contributed by atoms with van der Waals surface area (Å²) in [5.74, 6) is -0.106. The number of rotatable bonds is 4. The third-order valence-electron chi connectivity index (χ3n) is 2.68. The van der Waals surface area contributed by atoms with Gasteiger partial charge in [0.15, 0.2) is 5.82 Å². The van der Waals surface area contributed by atoms with E-state index in [0.717, 1.165) is 17.4 Å². The van der Waals surface area contributed by atoms with E-state index in [1.165, 1.54) is 11.0 Å². The number of nitrogens with zero attached hydrogens (tertiary/aromatic N) is 7. The van der Waals surface area contributed by atoms with Crippen LogP contribution in [0.25, 0.3) is 5.69 Å².